The summed E-state index contributed by atoms with van der Waals surface area (Å²) in [4.78, 5) is 4.57. The maximum Gasteiger partial charge on any atom is 0.196 e. The predicted octanol–water partition coefficient (Wildman–Crippen LogP) is 4.03. The van der Waals surface area contributed by atoms with Gasteiger partial charge in [-0.15, -0.1) is 0 Å². The van der Waals surface area contributed by atoms with Crippen LogP contribution < -0.4 is 0 Å². The Bertz CT molecular complexity index is 517. The van der Waals surface area contributed by atoms with Gasteiger partial charge in [0.15, 0.2) is 11.5 Å². The average Bonchev–Trinajstić information content (AvgIpc) is 2.43. The highest BCUT2D eigenvalue weighted by molar-refractivity contribution is 5.77. The number of rotatable bonds is 1. The molecule has 0 saturated carbocycles. The molecule has 2 aromatic rings. The highest BCUT2D eigenvalue weighted by atomic mass is 16.3. The van der Waals surface area contributed by atoms with Gasteiger partial charge in [-0.1, -0.05) is 26.8 Å². The van der Waals surface area contributed by atoms with Gasteiger partial charge in [-0.3, -0.25) is 0 Å². The molecule has 2 rings (SSSR count). The second kappa shape index (κ2) is 3.62. The number of benzene rings is 1. The van der Waals surface area contributed by atoms with Crippen molar-refractivity contribution in [2.24, 2.45) is 5.41 Å². The molecule has 0 bridgehead atoms. The average molecular weight is 217 g/mol. The summed E-state index contributed by atoms with van der Waals surface area (Å²) in [6, 6.07) is 4.20. The second-order valence-corrected chi connectivity index (χ2v) is 5.77. The van der Waals surface area contributed by atoms with Crippen LogP contribution in [-0.4, -0.2) is 4.98 Å². The van der Waals surface area contributed by atoms with Gasteiger partial charge in [0.2, 0.25) is 0 Å². The molecule has 0 aliphatic carbocycles. The Morgan fingerprint density at radius 1 is 1.19 bits per heavy atom. The largest absolute Gasteiger partial charge is 0.441 e. The van der Waals surface area contributed by atoms with Crippen molar-refractivity contribution in [1.29, 1.82) is 0 Å². The fraction of sp³-hybridized carbons (Fsp3) is 0.500. The van der Waals surface area contributed by atoms with Gasteiger partial charge in [-0.25, -0.2) is 4.98 Å². The van der Waals surface area contributed by atoms with E-state index in [4.69, 9.17) is 4.42 Å². The van der Waals surface area contributed by atoms with E-state index in [-0.39, 0.29) is 5.41 Å². The summed E-state index contributed by atoms with van der Waals surface area (Å²) in [6.07, 6.45) is 0.875. The molecule has 0 aliphatic heterocycles. The van der Waals surface area contributed by atoms with Crippen molar-refractivity contribution in [3.05, 3.63) is 29.2 Å². The zero-order valence-electron chi connectivity index (χ0n) is 10.7. The third-order valence-electron chi connectivity index (χ3n) is 2.56. The van der Waals surface area contributed by atoms with Gasteiger partial charge in [-0.05, 0) is 36.5 Å². The quantitative estimate of drug-likeness (QED) is 0.720. The maximum absolute atomic E-state index is 5.79. The van der Waals surface area contributed by atoms with Gasteiger partial charge >= 0.3 is 0 Å². The maximum atomic E-state index is 5.79. The minimum atomic E-state index is 0.212. The summed E-state index contributed by atoms with van der Waals surface area (Å²) in [6.45, 7) is 10.7. The normalized spacial score (nSPS) is 12.3. The molecule has 0 spiro atoms. The van der Waals surface area contributed by atoms with E-state index in [1.165, 1.54) is 11.1 Å². The summed E-state index contributed by atoms with van der Waals surface area (Å²) >= 11 is 0. The van der Waals surface area contributed by atoms with Gasteiger partial charge in [0.1, 0.15) is 5.52 Å². The molecule has 2 heteroatoms. The van der Waals surface area contributed by atoms with E-state index in [1.54, 1.807) is 0 Å². The topological polar surface area (TPSA) is 26.0 Å². The lowest BCUT2D eigenvalue weighted by Gasteiger charge is -2.14. The molecule has 16 heavy (non-hydrogen) atoms. The smallest absolute Gasteiger partial charge is 0.196 e. The van der Waals surface area contributed by atoms with Crippen LogP contribution in [0.3, 0.4) is 0 Å². The van der Waals surface area contributed by atoms with Crippen LogP contribution in [0.5, 0.6) is 0 Å². The van der Waals surface area contributed by atoms with Crippen LogP contribution in [0.2, 0.25) is 0 Å². The first-order chi connectivity index (χ1) is 7.35. The third-order valence-corrected chi connectivity index (χ3v) is 2.56. The number of fused-ring (bicyclic) bond motifs is 1. The number of aryl methyl sites for hydroxylation is 2. The number of hydrogen-bond donors (Lipinski definition) is 0. The van der Waals surface area contributed by atoms with Gasteiger partial charge in [-0.2, -0.15) is 0 Å². The van der Waals surface area contributed by atoms with E-state index in [2.05, 4.69) is 51.7 Å². The Balaban J connectivity index is 2.48. The standard InChI is InChI=1S/C14H19NO/c1-9-6-10(2)13-11(7-9)16-12(15-13)8-14(3,4)5/h6-7H,8H2,1-5H3. The molecule has 0 atom stereocenters. The molecule has 0 fully saturated rings. The molecule has 1 aromatic carbocycles. The van der Waals surface area contributed by atoms with E-state index < -0.39 is 0 Å². The summed E-state index contributed by atoms with van der Waals surface area (Å²) in [5, 5.41) is 0. The molecule has 86 valence electrons. The van der Waals surface area contributed by atoms with Crippen LogP contribution in [-0.2, 0) is 6.42 Å². The zero-order chi connectivity index (χ0) is 11.9. The molecule has 0 N–H and O–H groups in total. The summed E-state index contributed by atoms with van der Waals surface area (Å²) < 4.78 is 5.79. The molecule has 0 saturated heterocycles. The van der Waals surface area contributed by atoms with Gasteiger partial charge in [0.25, 0.3) is 0 Å². The van der Waals surface area contributed by atoms with E-state index in [0.29, 0.717) is 0 Å². The zero-order valence-corrected chi connectivity index (χ0v) is 10.7. The lowest BCUT2D eigenvalue weighted by molar-refractivity contribution is 0.362. The number of oxazole rings is 1. The fourth-order valence-electron chi connectivity index (χ4n) is 1.95. The third kappa shape index (κ3) is 2.26. The Kier molecular flexibility index (Phi) is 2.53. The van der Waals surface area contributed by atoms with Crippen molar-refractivity contribution in [2.45, 2.75) is 41.0 Å². The van der Waals surface area contributed by atoms with Crippen molar-refractivity contribution in [3.8, 4) is 0 Å². The minimum Gasteiger partial charge on any atom is -0.441 e. The summed E-state index contributed by atoms with van der Waals surface area (Å²) in [5.74, 6) is 0.844. The molecule has 1 heterocycles. The minimum absolute atomic E-state index is 0.212. The molecule has 0 radical (unpaired) electrons. The lowest BCUT2D eigenvalue weighted by Crippen LogP contribution is -2.09. The molecular weight excluding hydrogens is 198 g/mol. The first-order valence-corrected chi connectivity index (χ1v) is 5.72. The molecule has 0 amide bonds. The van der Waals surface area contributed by atoms with Crippen molar-refractivity contribution in [3.63, 3.8) is 0 Å². The van der Waals surface area contributed by atoms with Gasteiger partial charge < -0.3 is 4.42 Å². The Hall–Kier alpha value is -1.31. The van der Waals surface area contributed by atoms with Crippen molar-refractivity contribution >= 4 is 11.1 Å². The fourth-order valence-corrected chi connectivity index (χ4v) is 1.95. The molecule has 1 aromatic heterocycles. The SMILES string of the molecule is Cc1cc(C)c2nc(CC(C)(C)C)oc2c1. The predicted molar refractivity (Wildman–Crippen MR) is 66.6 cm³/mol. The van der Waals surface area contributed by atoms with Crippen molar-refractivity contribution in [1.82, 2.24) is 4.98 Å². The van der Waals surface area contributed by atoms with Crippen LogP contribution in [0.15, 0.2) is 16.5 Å². The van der Waals surface area contributed by atoms with Crippen LogP contribution in [0.4, 0.5) is 0 Å². The summed E-state index contributed by atoms with van der Waals surface area (Å²) in [5.41, 5.74) is 4.55. The van der Waals surface area contributed by atoms with Crippen LogP contribution in [0.25, 0.3) is 11.1 Å². The lowest BCUT2D eigenvalue weighted by atomic mass is 9.92. The van der Waals surface area contributed by atoms with E-state index in [1.807, 2.05) is 0 Å². The van der Waals surface area contributed by atoms with Crippen LogP contribution in [0, 0.1) is 19.3 Å². The van der Waals surface area contributed by atoms with Gasteiger partial charge in [0, 0.05) is 6.42 Å². The van der Waals surface area contributed by atoms with Gasteiger partial charge in [0.05, 0.1) is 0 Å². The van der Waals surface area contributed by atoms with Crippen molar-refractivity contribution in [2.75, 3.05) is 0 Å². The Labute approximate surface area is 96.7 Å². The van der Waals surface area contributed by atoms with E-state index in [0.717, 1.165) is 23.4 Å². The van der Waals surface area contributed by atoms with E-state index >= 15 is 0 Å². The first-order valence-electron chi connectivity index (χ1n) is 5.72. The Morgan fingerprint density at radius 2 is 1.88 bits per heavy atom. The molecule has 0 unspecified atom stereocenters. The van der Waals surface area contributed by atoms with Crippen LogP contribution >= 0.6 is 0 Å². The molecular formula is C14H19NO. The molecule has 2 nitrogen and oxygen atoms in total. The number of nitrogens with zero attached hydrogens (tertiary/aromatic N) is 1. The summed E-state index contributed by atoms with van der Waals surface area (Å²) in [7, 11) is 0. The monoisotopic (exact) mass is 217 g/mol. The second-order valence-electron chi connectivity index (χ2n) is 5.77. The van der Waals surface area contributed by atoms with E-state index in [9.17, 15) is 0 Å². The highest BCUT2D eigenvalue weighted by Gasteiger charge is 2.16. The van der Waals surface area contributed by atoms with Crippen LogP contribution in [0.1, 0.15) is 37.8 Å². The van der Waals surface area contributed by atoms with Crippen molar-refractivity contribution < 1.29 is 4.42 Å². The first kappa shape index (κ1) is 11.2. The number of hydrogen-bond acceptors (Lipinski definition) is 2. The highest BCUT2D eigenvalue weighted by Crippen LogP contribution is 2.25. The number of aromatic nitrogens is 1. The Morgan fingerprint density at radius 3 is 2.50 bits per heavy atom. The molecule has 0 aliphatic rings.